The standard InChI is InChI=1S/C12H26N2OS/c1-9(2)10(11(15)13-6)14-7-8-16-12(3,4)5/h9-10,14H,7-8H2,1-6H3,(H,13,15)/t10-/m0/s1. The highest BCUT2D eigenvalue weighted by Gasteiger charge is 2.20. The predicted octanol–water partition coefficient (Wildman–Crippen LogP) is 1.88. The third kappa shape index (κ3) is 7.12. The molecule has 0 unspecified atom stereocenters. The highest BCUT2D eigenvalue weighted by Crippen LogP contribution is 2.22. The number of hydrogen-bond acceptors (Lipinski definition) is 3. The molecule has 0 aromatic rings. The fourth-order valence-electron chi connectivity index (χ4n) is 1.36. The van der Waals surface area contributed by atoms with Crippen LogP contribution in [0.15, 0.2) is 0 Å². The van der Waals surface area contributed by atoms with Gasteiger partial charge in [0.2, 0.25) is 5.91 Å². The summed E-state index contributed by atoms with van der Waals surface area (Å²) in [6, 6.07) is -0.0782. The molecule has 96 valence electrons. The molecule has 0 aliphatic carbocycles. The van der Waals surface area contributed by atoms with Crippen LogP contribution in [-0.4, -0.2) is 36.0 Å². The summed E-state index contributed by atoms with van der Waals surface area (Å²) in [5, 5.41) is 6.00. The summed E-state index contributed by atoms with van der Waals surface area (Å²) in [5.74, 6) is 1.43. The zero-order valence-corrected chi connectivity index (χ0v) is 12.2. The molecule has 0 heterocycles. The van der Waals surface area contributed by atoms with Crippen molar-refractivity contribution in [3.8, 4) is 0 Å². The number of amides is 1. The smallest absolute Gasteiger partial charge is 0.237 e. The van der Waals surface area contributed by atoms with E-state index in [1.807, 2.05) is 11.8 Å². The lowest BCUT2D eigenvalue weighted by molar-refractivity contribution is -0.123. The van der Waals surface area contributed by atoms with E-state index in [4.69, 9.17) is 0 Å². The summed E-state index contributed by atoms with van der Waals surface area (Å²) in [7, 11) is 1.68. The van der Waals surface area contributed by atoms with Gasteiger partial charge in [-0.15, -0.1) is 0 Å². The van der Waals surface area contributed by atoms with Crippen LogP contribution in [0.2, 0.25) is 0 Å². The van der Waals surface area contributed by atoms with Crippen molar-refractivity contribution >= 4 is 17.7 Å². The van der Waals surface area contributed by atoms with Crippen molar-refractivity contribution in [2.45, 2.75) is 45.4 Å². The van der Waals surface area contributed by atoms with E-state index in [9.17, 15) is 4.79 Å². The second-order valence-electron chi connectivity index (χ2n) is 5.25. The Kier molecular flexibility index (Phi) is 7.07. The number of thioether (sulfide) groups is 1. The minimum atomic E-state index is -0.0782. The molecule has 0 aromatic carbocycles. The summed E-state index contributed by atoms with van der Waals surface area (Å²) < 4.78 is 0.294. The lowest BCUT2D eigenvalue weighted by atomic mass is 10.0. The number of carbonyl (C=O) groups is 1. The zero-order chi connectivity index (χ0) is 12.8. The van der Waals surface area contributed by atoms with Crippen molar-refractivity contribution in [1.82, 2.24) is 10.6 Å². The minimum absolute atomic E-state index is 0.0782. The Labute approximate surface area is 104 Å². The van der Waals surface area contributed by atoms with Gasteiger partial charge >= 0.3 is 0 Å². The van der Waals surface area contributed by atoms with E-state index in [-0.39, 0.29) is 11.9 Å². The zero-order valence-electron chi connectivity index (χ0n) is 11.4. The van der Waals surface area contributed by atoms with Crippen molar-refractivity contribution in [2.24, 2.45) is 5.92 Å². The van der Waals surface area contributed by atoms with E-state index in [1.165, 1.54) is 0 Å². The molecule has 0 rings (SSSR count). The number of likely N-dealkylation sites (N-methyl/N-ethyl adjacent to an activating group) is 1. The van der Waals surface area contributed by atoms with Gasteiger partial charge in [0.05, 0.1) is 6.04 Å². The van der Waals surface area contributed by atoms with E-state index in [0.29, 0.717) is 10.7 Å². The summed E-state index contributed by atoms with van der Waals surface area (Å²) in [4.78, 5) is 11.6. The third-order valence-electron chi connectivity index (χ3n) is 2.20. The van der Waals surface area contributed by atoms with Crippen LogP contribution < -0.4 is 10.6 Å². The Bertz CT molecular complexity index is 212. The SMILES string of the molecule is CNC(=O)[C@@H](NCCSC(C)(C)C)C(C)C. The maximum Gasteiger partial charge on any atom is 0.237 e. The first-order valence-electron chi connectivity index (χ1n) is 5.87. The topological polar surface area (TPSA) is 41.1 Å². The van der Waals surface area contributed by atoms with Crippen molar-refractivity contribution in [2.75, 3.05) is 19.3 Å². The molecule has 0 aliphatic heterocycles. The lowest BCUT2D eigenvalue weighted by Crippen LogP contribution is -2.47. The van der Waals surface area contributed by atoms with Crippen LogP contribution in [0.1, 0.15) is 34.6 Å². The number of carbonyl (C=O) groups excluding carboxylic acids is 1. The number of nitrogens with one attached hydrogen (secondary N) is 2. The normalized spacial score (nSPS) is 13.9. The van der Waals surface area contributed by atoms with Crippen molar-refractivity contribution in [1.29, 1.82) is 0 Å². The van der Waals surface area contributed by atoms with Gasteiger partial charge in [0.25, 0.3) is 0 Å². The van der Waals surface area contributed by atoms with E-state index >= 15 is 0 Å². The molecule has 0 saturated carbocycles. The van der Waals surface area contributed by atoms with Crippen molar-refractivity contribution in [3.05, 3.63) is 0 Å². The Morgan fingerprint density at radius 3 is 2.25 bits per heavy atom. The van der Waals surface area contributed by atoms with E-state index in [1.54, 1.807) is 7.05 Å². The Morgan fingerprint density at radius 1 is 1.31 bits per heavy atom. The van der Waals surface area contributed by atoms with Gasteiger partial charge in [-0.2, -0.15) is 11.8 Å². The van der Waals surface area contributed by atoms with Gasteiger partial charge in [-0.25, -0.2) is 0 Å². The van der Waals surface area contributed by atoms with Crippen LogP contribution in [0.5, 0.6) is 0 Å². The maximum atomic E-state index is 11.6. The van der Waals surface area contributed by atoms with E-state index in [0.717, 1.165) is 12.3 Å². The fraction of sp³-hybridized carbons (Fsp3) is 0.917. The number of hydrogen-bond donors (Lipinski definition) is 2. The molecule has 4 heteroatoms. The van der Waals surface area contributed by atoms with Crippen LogP contribution in [0, 0.1) is 5.92 Å². The van der Waals surface area contributed by atoms with Gasteiger partial charge in [0, 0.05) is 24.1 Å². The van der Waals surface area contributed by atoms with Crippen molar-refractivity contribution in [3.63, 3.8) is 0 Å². The highest BCUT2D eigenvalue weighted by molar-refractivity contribution is 8.00. The summed E-state index contributed by atoms with van der Waals surface area (Å²) in [5.41, 5.74) is 0. The lowest BCUT2D eigenvalue weighted by Gasteiger charge is -2.22. The molecule has 0 saturated heterocycles. The summed E-state index contributed by atoms with van der Waals surface area (Å²) in [6.45, 7) is 11.6. The second-order valence-corrected chi connectivity index (χ2v) is 7.17. The van der Waals surface area contributed by atoms with E-state index in [2.05, 4.69) is 45.3 Å². The van der Waals surface area contributed by atoms with Crippen molar-refractivity contribution < 1.29 is 4.79 Å². The molecule has 16 heavy (non-hydrogen) atoms. The predicted molar refractivity (Wildman–Crippen MR) is 72.9 cm³/mol. The monoisotopic (exact) mass is 246 g/mol. The van der Waals surface area contributed by atoms with Gasteiger partial charge in [-0.05, 0) is 5.92 Å². The largest absolute Gasteiger partial charge is 0.358 e. The van der Waals surface area contributed by atoms with Gasteiger partial charge in [0.15, 0.2) is 0 Å². The van der Waals surface area contributed by atoms with Crippen LogP contribution in [0.3, 0.4) is 0 Å². The maximum absolute atomic E-state index is 11.6. The summed E-state index contributed by atoms with van der Waals surface area (Å²) >= 11 is 1.91. The molecule has 0 radical (unpaired) electrons. The third-order valence-corrected chi connectivity index (χ3v) is 3.47. The van der Waals surface area contributed by atoms with E-state index < -0.39 is 0 Å². The fourth-order valence-corrected chi connectivity index (χ4v) is 2.19. The molecule has 0 fully saturated rings. The first-order chi connectivity index (χ1) is 7.28. The Hall–Kier alpha value is -0.220. The molecule has 2 N–H and O–H groups in total. The van der Waals surface area contributed by atoms with Gasteiger partial charge in [-0.3, -0.25) is 4.79 Å². The molecular weight excluding hydrogens is 220 g/mol. The van der Waals surface area contributed by atoms with Gasteiger partial charge in [-0.1, -0.05) is 34.6 Å². The average molecular weight is 246 g/mol. The van der Waals surface area contributed by atoms with Crippen LogP contribution in [0.4, 0.5) is 0 Å². The first-order valence-corrected chi connectivity index (χ1v) is 6.85. The minimum Gasteiger partial charge on any atom is -0.358 e. The molecule has 3 nitrogen and oxygen atoms in total. The Morgan fingerprint density at radius 2 is 1.88 bits per heavy atom. The molecule has 0 spiro atoms. The van der Waals surface area contributed by atoms with Crippen LogP contribution >= 0.6 is 11.8 Å². The molecule has 0 aromatic heterocycles. The van der Waals surface area contributed by atoms with Gasteiger partial charge < -0.3 is 10.6 Å². The molecular formula is C12H26N2OS. The summed E-state index contributed by atoms with van der Waals surface area (Å²) in [6.07, 6.45) is 0. The molecule has 1 amide bonds. The van der Waals surface area contributed by atoms with Crippen LogP contribution in [0.25, 0.3) is 0 Å². The average Bonchev–Trinajstić information content (AvgIpc) is 2.14. The molecule has 0 aliphatic rings. The van der Waals surface area contributed by atoms with Gasteiger partial charge in [0.1, 0.15) is 0 Å². The molecule has 1 atom stereocenters. The quantitative estimate of drug-likeness (QED) is 0.703. The Balaban J connectivity index is 3.91. The van der Waals surface area contributed by atoms with Crippen LogP contribution in [-0.2, 0) is 4.79 Å². The molecule has 0 bridgehead atoms. The second kappa shape index (κ2) is 7.17. The first kappa shape index (κ1) is 15.8. The highest BCUT2D eigenvalue weighted by atomic mass is 32.2. The number of rotatable bonds is 6.